The fourth-order valence-electron chi connectivity index (χ4n) is 2.34. The Morgan fingerprint density at radius 2 is 2.25 bits per heavy atom. The van der Waals surface area contributed by atoms with Gasteiger partial charge < -0.3 is 14.4 Å². The number of hydrogen-bond acceptors (Lipinski definition) is 6. The number of likely N-dealkylation sites (N-methyl/N-ethyl adjacent to an activating group) is 1. The van der Waals surface area contributed by atoms with E-state index in [0.717, 1.165) is 0 Å². The summed E-state index contributed by atoms with van der Waals surface area (Å²) in [5.41, 5.74) is 0.275. The molecular weight excluding hydrogens is 312 g/mol. The van der Waals surface area contributed by atoms with Crippen LogP contribution in [0.15, 0.2) is 11.1 Å². The lowest BCUT2D eigenvalue weighted by molar-refractivity contribution is -0.133. The van der Waals surface area contributed by atoms with Crippen LogP contribution in [0.2, 0.25) is 0 Å². The summed E-state index contributed by atoms with van der Waals surface area (Å²) in [5.74, 6) is 0.245. The average molecular weight is 338 g/mol. The number of amides is 1. The molecule has 1 aromatic heterocycles. The molecule has 0 aromatic carbocycles. The van der Waals surface area contributed by atoms with Crippen LogP contribution in [0, 0.1) is 0 Å². The molecule has 8 nitrogen and oxygen atoms in total. The normalized spacial score (nSPS) is 14.5. The molecule has 0 N–H and O–H groups in total. The monoisotopic (exact) mass is 338 g/mol. The summed E-state index contributed by atoms with van der Waals surface area (Å²) in [6.07, 6.45) is 1.48. The van der Waals surface area contributed by atoms with E-state index in [9.17, 15) is 9.59 Å². The zero-order valence-electron chi connectivity index (χ0n) is 14.8. The molecule has 1 aliphatic rings. The zero-order chi connectivity index (χ0) is 17.7. The number of carbonyl (C=O) groups excluding carboxylic acids is 1. The Morgan fingerprint density at radius 3 is 2.92 bits per heavy atom. The van der Waals surface area contributed by atoms with Crippen molar-refractivity contribution < 1.29 is 14.3 Å². The second-order valence-corrected chi connectivity index (χ2v) is 6.18. The second kappa shape index (κ2) is 8.25. The van der Waals surface area contributed by atoms with Crippen molar-refractivity contribution in [3.8, 4) is 5.75 Å². The number of rotatable bonds is 6. The van der Waals surface area contributed by atoms with Gasteiger partial charge in [0, 0.05) is 13.2 Å². The third-order valence-corrected chi connectivity index (χ3v) is 4.17. The molecule has 134 valence electrons. The van der Waals surface area contributed by atoms with Crippen LogP contribution in [-0.2, 0) is 22.6 Å². The number of hydrogen-bond donors (Lipinski definition) is 0. The first-order valence-electron chi connectivity index (χ1n) is 8.12. The third-order valence-electron chi connectivity index (χ3n) is 4.17. The summed E-state index contributed by atoms with van der Waals surface area (Å²) in [6, 6.07) is 0.288. The van der Waals surface area contributed by atoms with Gasteiger partial charge >= 0.3 is 0 Å². The topological polar surface area (TPSA) is 76.9 Å². The van der Waals surface area contributed by atoms with E-state index in [-0.39, 0.29) is 29.9 Å². The number of nitrogens with zero attached hydrogens (tertiary/aromatic N) is 4. The Bertz CT molecular complexity index is 629. The molecule has 0 aliphatic carbocycles. The number of fused-ring (bicyclic) bond motifs is 1. The minimum Gasteiger partial charge on any atom is -0.485 e. The van der Waals surface area contributed by atoms with E-state index < -0.39 is 0 Å². The number of aromatic nitrogens is 2. The lowest BCUT2D eigenvalue weighted by atomic mass is 10.3. The van der Waals surface area contributed by atoms with Crippen LogP contribution in [0.25, 0.3) is 0 Å². The molecule has 1 amide bonds. The largest absolute Gasteiger partial charge is 0.485 e. The molecule has 0 saturated heterocycles. The van der Waals surface area contributed by atoms with Crippen LogP contribution < -0.4 is 10.3 Å². The van der Waals surface area contributed by atoms with Gasteiger partial charge in [-0.25, -0.2) is 4.98 Å². The highest BCUT2D eigenvalue weighted by Gasteiger charge is 2.24. The number of carbonyl (C=O) groups is 1. The SMILES string of the molecule is COCCn1cnc2c(c1=O)OCCN(C(=O)CN(C)C(C)C)C2. The summed E-state index contributed by atoms with van der Waals surface area (Å²) < 4.78 is 12.0. The predicted octanol–water partition coefficient (Wildman–Crippen LogP) is -0.0491. The highest BCUT2D eigenvalue weighted by Crippen LogP contribution is 2.16. The van der Waals surface area contributed by atoms with Crippen LogP contribution in [0.4, 0.5) is 0 Å². The van der Waals surface area contributed by atoms with Crippen LogP contribution in [0.3, 0.4) is 0 Å². The molecule has 0 spiro atoms. The van der Waals surface area contributed by atoms with Gasteiger partial charge in [0.1, 0.15) is 12.3 Å². The van der Waals surface area contributed by atoms with E-state index >= 15 is 0 Å². The Kier molecular flexibility index (Phi) is 6.33. The molecule has 0 radical (unpaired) electrons. The van der Waals surface area contributed by atoms with Crippen molar-refractivity contribution in [1.29, 1.82) is 0 Å². The van der Waals surface area contributed by atoms with Crippen LogP contribution in [-0.4, -0.2) is 71.8 Å². The van der Waals surface area contributed by atoms with Gasteiger partial charge in [0.25, 0.3) is 5.56 Å². The minimum absolute atomic E-state index is 0.00742. The maximum Gasteiger partial charge on any atom is 0.296 e. The lowest BCUT2D eigenvalue weighted by Gasteiger charge is -2.25. The molecule has 0 bridgehead atoms. The van der Waals surface area contributed by atoms with Crippen molar-refractivity contribution in [2.45, 2.75) is 33.0 Å². The molecule has 8 heteroatoms. The summed E-state index contributed by atoms with van der Waals surface area (Å²) in [7, 11) is 3.49. The average Bonchev–Trinajstić information content (AvgIpc) is 2.77. The Labute approximate surface area is 142 Å². The third kappa shape index (κ3) is 4.33. The van der Waals surface area contributed by atoms with Gasteiger partial charge in [0.05, 0.1) is 39.1 Å². The number of methoxy groups -OCH3 is 1. The minimum atomic E-state index is -0.231. The van der Waals surface area contributed by atoms with Crippen molar-refractivity contribution in [2.75, 3.05) is 40.5 Å². The van der Waals surface area contributed by atoms with E-state index in [1.165, 1.54) is 10.9 Å². The highest BCUT2D eigenvalue weighted by molar-refractivity contribution is 5.78. The van der Waals surface area contributed by atoms with Gasteiger partial charge in [0.15, 0.2) is 0 Å². The lowest BCUT2D eigenvalue weighted by Crippen LogP contribution is -2.41. The molecule has 2 heterocycles. The van der Waals surface area contributed by atoms with Crippen molar-refractivity contribution in [1.82, 2.24) is 19.4 Å². The van der Waals surface area contributed by atoms with Gasteiger partial charge in [-0.2, -0.15) is 0 Å². The van der Waals surface area contributed by atoms with Gasteiger partial charge in [-0.3, -0.25) is 19.1 Å². The van der Waals surface area contributed by atoms with Gasteiger partial charge in [-0.05, 0) is 20.9 Å². The van der Waals surface area contributed by atoms with Gasteiger partial charge in [-0.15, -0.1) is 0 Å². The molecular formula is C16H26N4O4. The molecule has 2 rings (SSSR count). The van der Waals surface area contributed by atoms with Crippen molar-refractivity contribution in [3.05, 3.63) is 22.4 Å². The smallest absolute Gasteiger partial charge is 0.296 e. The van der Waals surface area contributed by atoms with Crippen molar-refractivity contribution in [3.63, 3.8) is 0 Å². The van der Waals surface area contributed by atoms with Crippen molar-refractivity contribution in [2.24, 2.45) is 0 Å². The van der Waals surface area contributed by atoms with E-state index in [2.05, 4.69) is 4.98 Å². The van der Waals surface area contributed by atoms with Gasteiger partial charge in [0.2, 0.25) is 11.7 Å². The van der Waals surface area contributed by atoms with Crippen molar-refractivity contribution >= 4 is 5.91 Å². The van der Waals surface area contributed by atoms with Crippen LogP contribution in [0.1, 0.15) is 19.5 Å². The second-order valence-electron chi connectivity index (χ2n) is 6.18. The molecule has 1 aliphatic heterocycles. The quantitative estimate of drug-likeness (QED) is 0.724. The summed E-state index contributed by atoms with van der Waals surface area (Å²) in [4.78, 5) is 32.9. The number of ether oxygens (including phenoxy) is 2. The van der Waals surface area contributed by atoms with E-state index in [0.29, 0.717) is 38.5 Å². The molecule has 0 unspecified atom stereocenters. The zero-order valence-corrected chi connectivity index (χ0v) is 14.8. The highest BCUT2D eigenvalue weighted by atomic mass is 16.5. The standard InChI is InChI=1S/C16H26N4O4/c1-12(2)18(3)10-14(21)19-6-8-24-15-13(9-19)17-11-20(16(15)22)5-7-23-4/h11-12H,5-10H2,1-4H3. The van der Waals surface area contributed by atoms with Crippen LogP contribution >= 0.6 is 0 Å². The summed E-state index contributed by atoms with van der Waals surface area (Å²) in [6.45, 7) is 6.27. The molecule has 24 heavy (non-hydrogen) atoms. The Hall–Kier alpha value is -1.93. The molecule has 0 atom stereocenters. The van der Waals surface area contributed by atoms with E-state index in [4.69, 9.17) is 9.47 Å². The first kappa shape index (κ1) is 18.4. The summed E-state index contributed by atoms with van der Waals surface area (Å²) >= 11 is 0. The maximum atomic E-state index is 12.5. The predicted molar refractivity (Wildman–Crippen MR) is 89.1 cm³/mol. The summed E-state index contributed by atoms with van der Waals surface area (Å²) in [5, 5.41) is 0. The first-order chi connectivity index (χ1) is 11.4. The maximum absolute atomic E-state index is 12.5. The Balaban J connectivity index is 2.15. The van der Waals surface area contributed by atoms with Gasteiger partial charge in [-0.1, -0.05) is 0 Å². The van der Waals surface area contributed by atoms with E-state index in [1.807, 2.05) is 25.8 Å². The fourth-order valence-corrected chi connectivity index (χ4v) is 2.34. The first-order valence-corrected chi connectivity index (χ1v) is 8.12. The Morgan fingerprint density at radius 1 is 1.50 bits per heavy atom. The molecule has 1 aromatic rings. The van der Waals surface area contributed by atoms with E-state index in [1.54, 1.807) is 12.0 Å². The molecule has 0 fully saturated rings. The fraction of sp³-hybridized carbons (Fsp3) is 0.688. The van der Waals surface area contributed by atoms with Crippen LogP contribution in [0.5, 0.6) is 5.75 Å². The molecule has 0 saturated carbocycles.